The highest BCUT2D eigenvalue weighted by Gasteiger charge is 2.60. The standard InChI is InChI=1S/C18H26N4O2/c1-5-11(2)22-9-15(19-10-22)17(23)21-7-12-13(8-21)16(12)14-6-18(3,4)24-20-14/h9-13,16H,5-8H2,1-4H3/t11-,12-,13+,16?/m0/s1. The van der Waals surface area contributed by atoms with Gasteiger partial charge >= 0.3 is 0 Å². The van der Waals surface area contributed by atoms with Crippen molar-refractivity contribution in [3.05, 3.63) is 18.2 Å². The van der Waals surface area contributed by atoms with E-state index in [-0.39, 0.29) is 11.5 Å². The van der Waals surface area contributed by atoms with E-state index in [0.717, 1.165) is 25.9 Å². The molecule has 0 spiro atoms. The first-order chi connectivity index (χ1) is 11.4. The van der Waals surface area contributed by atoms with Crippen molar-refractivity contribution in [2.24, 2.45) is 22.9 Å². The first-order valence-corrected chi connectivity index (χ1v) is 8.97. The molecule has 1 saturated carbocycles. The first-order valence-electron chi connectivity index (χ1n) is 8.97. The summed E-state index contributed by atoms with van der Waals surface area (Å²) in [5.74, 6) is 1.70. The summed E-state index contributed by atoms with van der Waals surface area (Å²) >= 11 is 0. The summed E-state index contributed by atoms with van der Waals surface area (Å²) in [6, 6.07) is 0.374. The van der Waals surface area contributed by atoms with Crippen LogP contribution in [0.5, 0.6) is 0 Å². The molecule has 4 rings (SSSR count). The third-order valence-corrected chi connectivity index (χ3v) is 5.80. The van der Waals surface area contributed by atoms with Gasteiger partial charge in [-0.15, -0.1) is 0 Å². The molecule has 24 heavy (non-hydrogen) atoms. The lowest BCUT2D eigenvalue weighted by Crippen LogP contribution is -2.33. The Morgan fingerprint density at radius 3 is 2.71 bits per heavy atom. The van der Waals surface area contributed by atoms with Crippen LogP contribution >= 0.6 is 0 Å². The Morgan fingerprint density at radius 2 is 2.12 bits per heavy atom. The minimum Gasteiger partial charge on any atom is -0.389 e. The Hall–Kier alpha value is -1.85. The summed E-state index contributed by atoms with van der Waals surface area (Å²) in [7, 11) is 0. The van der Waals surface area contributed by atoms with Crippen LogP contribution in [0.15, 0.2) is 17.7 Å². The molecule has 0 N–H and O–H groups in total. The molecule has 6 heteroatoms. The van der Waals surface area contributed by atoms with Crippen LogP contribution in [-0.2, 0) is 4.84 Å². The Kier molecular flexibility index (Phi) is 3.48. The third kappa shape index (κ3) is 2.52. The van der Waals surface area contributed by atoms with Gasteiger partial charge in [-0.05, 0) is 39.0 Å². The number of nitrogens with zero attached hydrogens (tertiary/aromatic N) is 4. The van der Waals surface area contributed by atoms with Gasteiger partial charge in [-0.3, -0.25) is 4.79 Å². The normalized spacial score (nSPS) is 31.4. The zero-order valence-electron chi connectivity index (χ0n) is 14.9. The predicted molar refractivity (Wildman–Crippen MR) is 90.8 cm³/mol. The minimum absolute atomic E-state index is 0.0629. The van der Waals surface area contributed by atoms with Gasteiger partial charge in [0.15, 0.2) is 0 Å². The number of rotatable bonds is 4. The van der Waals surface area contributed by atoms with Crippen molar-refractivity contribution in [2.75, 3.05) is 13.1 Å². The van der Waals surface area contributed by atoms with Crippen molar-refractivity contribution in [2.45, 2.75) is 52.2 Å². The molecule has 6 nitrogen and oxygen atoms in total. The van der Waals surface area contributed by atoms with Crippen molar-refractivity contribution in [3.63, 3.8) is 0 Å². The molecule has 2 fully saturated rings. The van der Waals surface area contributed by atoms with Crippen molar-refractivity contribution >= 4 is 11.6 Å². The second kappa shape index (κ2) is 5.33. The molecular weight excluding hydrogens is 304 g/mol. The highest BCUT2D eigenvalue weighted by molar-refractivity contribution is 5.94. The average Bonchev–Trinajstić information content (AvgIpc) is 3.02. The number of hydrogen-bond acceptors (Lipinski definition) is 4. The smallest absolute Gasteiger partial charge is 0.274 e. The highest BCUT2D eigenvalue weighted by Crippen LogP contribution is 2.54. The first kappa shape index (κ1) is 15.7. The van der Waals surface area contributed by atoms with Crippen LogP contribution in [0.25, 0.3) is 0 Å². The zero-order chi connectivity index (χ0) is 17.1. The average molecular weight is 330 g/mol. The molecular formula is C18H26N4O2. The van der Waals surface area contributed by atoms with Crippen LogP contribution in [0.3, 0.4) is 0 Å². The largest absolute Gasteiger partial charge is 0.389 e. The SMILES string of the molecule is CC[C@H](C)n1cnc(C(=O)N2C[C@@H]3C(C4=NOC(C)(C)C4)[C@@H]3C2)c1. The number of hydrogen-bond donors (Lipinski definition) is 0. The van der Waals surface area contributed by atoms with Crippen molar-refractivity contribution in [1.29, 1.82) is 0 Å². The van der Waals surface area contributed by atoms with Gasteiger partial charge in [-0.25, -0.2) is 4.98 Å². The molecule has 1 aliphatic carbocycles. The molecule has 1 aromatic rings. The molecule has 0 aromatic carbocycles. The number of oxime groups is 1. The van der Waals surface area contributed by atoms with Crippen LogP contribution in [0.2, 0.25) is 0 Å². The van der Waals surface area contributed by atoms with Crippen LogP contribution in [0.4, 0.5) is 0 Å². The lowest BCUT2D eigenvalue weighted by molar-refractivity contribution is 0.0123. The minimum atomic E-state index is -0.162. The van der Waals surface area contributed by atoms with Gasteiger partial charge in [0.2, 0.25) is 0 Å². The maximum absolute atomic E-state index is 12.7. The number of fused-ring (bicyclic) bond motifs is 1. The number of imidazole rings is 1. The molecule has 1 unspecified atom stereocenters. The quantitative estimate of drug-likeness (QED) is 0.853. The summed E-state index contributed by atoms with van der Waals surface area (Å²) in [6.45, 7) is 10.1. The number of aromatic nitrogens is 2. The summed E-state index contributed by atoms with van der Waals surface area (Å²) < 4.78 is 2.03. The van der Waals surface area contributed by atoms with E-state index in [1.54, 1.807) is 6.33 Å². The van der Waals surface area contributed by atoms with Crippen molar-refractivity contribution in [1.82, 2.24) is 14.5 Å². The van der Waals surface area contributed by atoms with Gasteiger partial charge in [-0.2, -0.15) is 0 Å². The highest BCUT2D eigenvalue weighted by atomic mass is 16.7. The summed E-state index contributed by atoms with van der Waals surface area (Å²) in [5.41, 5.74) is 1.60. The number of piperidine rings is 1. The Labute approximate surface area is 142 Å². The maximum atomic E-state index is 12.7. The van der Waals surface area contributed by atoms with Crippen LogP contribution in [0.1, 0.15) is 57.1 Å². The monoisotopic (exact) mass is 330 g/mol. The van der Waals surface area contributed by atoms with E-state index in [0.29, 0.717) is 29.5 Å². The van der Waals surface area contributed by atoms with Gasteiger partial charge in [0.25, 0.3) is 5.91 Å². The molecule has 2 aliphatic heterocycles. The number of amides is 1. The molecule has 3 aliphatic rings. The van der Waals surface area contributed by atoms with E-state index in [2.05, 4.69) is 37.8 Å². The molecule has 3 heterocycles. The van der Waals surface area contributed by atoms with Crippen molar-refractivity contribution in [3.8, 4) is 0 Å². The Morgan fingerprint density at radius 1 is 1.42 bits per heavy atom. The van der Waals surface area contributed by atoms with E-state index >= 15 is 0 Å². The summed E-state index contributed by atoms with van der Waals surface area (Å²) in [5, 5.41) is 4.29. The zero-order valence-corrected chi connectivity index (χ0v) is 14.9. The van der Waals surface area contributed by atoms with Gasteiger partial charge < -0.3 is 14.3 Å². The van der Waals surface area contributed by atoms with Crippen LogP contribution < -0.4 is 0 Å². The number of likely N-dealkylation sites (tertiary alicyclic amines) is 1. The predicted octanol–water partition coefficient (Wildman–Crippen LogP) is 2.73. The Bertz CT molecular complexity index is 681. The lowest BCUT2D eigenvalue weighted by atomic mass is 9.98. The van der Waals surface area contributed by atoms with E-state index in [9.17, 15) is 4.79 Å². The molecule has 130 valence electrons. The fraction of sp³-hybridized carbons (Fsp3) is 0.722. The van der Waals surface area contributed by atoms with Gasteiger partial charge in [0, 0.05) is 37.7 Å². The van der Waals surface area contributed by atoms with E-state index in [1.165, 1.54) is 5.71 Å². The molecule has 1 aromatic heterocycles. The van der Waals surface area contributed by atoms with E-state index in [4.69, 9.17) is 4.84 Å². The third-order valence-electron chi connectivity index (χ3n) is 5.80. The lowest BCUT2D eigenvalue weighted by Gasteiger charge is -2.19. The number of carbonyl (C=O) groups is 1. The fourth-order valence-electron chi connectivity index (χ4n) is 4.11. The van der Waals surface area contributed by atoms with Crippen LogP contribution in [-0.4, -0.2) is 44.8 Å². The summed E-state index contributed by atoms with van der Waals surface area (Å²) in [4.78, 5) is 24.4. The van der Waals surface area contributed by atoms with Gasteiger partial charge in [0.1, 0.15) is 11.3 Å². The molecule has 0 radical (unpaired) electrons. The molecule has 1 saturated heterocycles. The Balaban J connectivity index is 1.36. The number of carbonyl (C=O) groups excluding carboxylic acids is 1. The second-order valence-electron chi connectivity index (χ2n) is 8.14. The topological polar surface area (TPSA) is 59.7 Å². The second-order valence-corrected chi connectivity index (χ2v) is 8.14. The van der Waals surface area contributed by atoms with Gasteiger partial charge in [0.05, 0.1) is 12.0 Å². The van der Waals surface area contributed by atoms with Gasteiger partial charge in [-0.1, -0.05) is 12.1 Å². The van der Waals surface area contributed by atoms with Crippen molar-refractivity contribution < 1.29 is 9.63 Å². The maximum Gasteiger partial charge on any atom is 0.274 e. The summed E-state index contributed by atoms with van der Waals surface area (Å²) in [6.07, 6.45) is 5.60. The molecule has 0 bridgehead atoms. The van der Waals surface area contributed by atoms with E-state index < -0.39 is 0 Å². The fourth-order valence-corrected chi connectivity index (χ4v) is 4.11. The molecule has 1 amide bonds. The van der Waals surface area contributed by atoms with E-state index in [1.807, 2.05) is 15.7 Å². The van der Waals surface area contributed by atoms with Crippen LogP contribution in [0, 0.1) is 17.8 Å². The molecule has 4 atom stereocenters.